The Morgan fingerprint density at radius 2 is 2.05 bits per heavy atom. The highest BCUT2D eigenvalue weighted by Gasteiger charge is 2.53. The molecule has 4 nitrogen and oxygen atoms in total. The Morgan fingerprint density at radius 3 is 2.47 bits per heavy atom. The second kappa shape index (κ2) is 5.31. The molecule has 1 fully saturated rings. The van der Waals surface area contributed by atoms with E-state index in [-0.39, 0.29) is 12.0 Å². The summed E-state index contributed by atoms with van der Waals surface area (Å²) in [7, 11) is 3.29. The van der Waals surface area contributed by atoms with Crippen molar-refractivity contribution in [3.63, 3.8) is 0 Å². The van der Waals surface area contributed by atoms with Crippen LogP contribution in [0.5, 0.6) is 0 Å². The van der Waals surface area contributed by atoms with Crippen molar-refractivity contribution in [1.29, 1.82) is 0 Å². The second-order valence-corrected chi connectivity index (χ2v) is 5.21. The van der Waals surface area contributed by atoms with Gasteiger partial charge in [-0.25, -0.2) is 0 Å². The molecule has 1 N–H and O–H groups in total. The van der Waals surface area contributed by atoms with Crippen LogP contribution in [0.25, 0.3) is 0 Å². The molecule has 0 saturated carbocycles. The smallest absolute Gasteiger partial charge is 0.318 e. The molecule has 1 saturated heterocycles. The number of carbonyl (C=O) groups excluding carboxylic acids is 1. The van der Waals surface area contributed by atoms with Gasteiger partial charge in [-0.3, -0.25) is 4.79 Å². The average molecular weight is 263 g/mol. The third-order valence-corrected chi connectivity index (χ3v) is 4.02. The number of methoxy groups -OCH3 is 1. The van der Waals surface area contributed by atoms with Crippen LogP contribution >= 0.6 is 0 Å². The van der Waals surface area contributed by atoms with Crippen molar-refractivity contribution in [2.24, 2.45) is 5.41 Å². The molecule has 0 aliphatic carbocycles. The first-order valence-corrected chi connectivity index (χ1v) is 6.46. The molecule has 1 aliphatic rings. The van der Waals surface area contributed by atoms with Crippen LogP contribution in [0.3, 0.4) is 0 Å². The van der Waals surface area contributed by atoms with Gasteiger partial charge in [0.15, 0.2) is 0 Å². The zero-order chi connectivity index (χ0) is 14.0. The Kier molecular flexibility index (Phi) is 3.92. The van der Waals surface area contributed by atoms with Crippen LogP contribution in [0.4, 0.5) is 0 Å². The van der Waals surface area contributed by atoms with Gasteiger partial charge < -0.3 is 14.8 Å². The van der Waals surface area contributed by atoms with E-state index in [1.54, 1.807) is 0 Å². The van der Waals surface area contributed by atoms with Crippen LogP contribution in [-0.4, -0.2) is 33.3 Å². The highest BCUT2D eigenvalue weighted by Crippen LogP contribution is 2.41. The molecular formula is C15H21NO3. The molecule has 0 aromatic heterocycles. The Balaban J connectivity index is 2.38. The molecular weight excluding hydrogens is 242 g/mol. The number of carbonyl (C=O) groups is 1. The summed E-state index contributed by atoms with van der Waals surface area (Å²) in [6.07, 6.45) is 0. The summed E-state index contributed by atoms with van der Waals surface area (Å²) >= 11 is 0. The number of esters is 1. The lowest BCUT2D eigenvalue weighted by atomic mass is 9.74. The van der Waals surface area contributed by atoms with Crippen LogP contribution in [0, 0.1) is 19.3 Å². The van der Waals surface area contributed by atoms with Crippen molar-refractivity contribution in [1.82, 2.24) is 5.32 Å². The third kappa shape index (κ3) is 2.26. The summed E-state index contributed by atoms with van der Waals surface area (Å²) in [4.78, 5) is 12.1. The van der Waals surface area contributed by atoms with Crippen molar-refractivity contribution in [2.45, 2.75) is 19.9 Å². The second-order valence-electron chi connectivity index (χ2n) is 5.21. The molecule has 4 heteroatoms. The van der Waals surface area contributed by atoms with Crippen LogP contribution in [-0.2, 0) is 14.3 Å². The Morgan fingerprint density at radius 1 is 1.37 bits per heavy atom. The maximum Gasteiger partial charge on any atom is 0.318 e. The van der Waals surface area contributed by atoms with E-state index < -0.39 is 5.41 Å². The lowest BCUT2D eigenvalue weighted by Gasteiger charge is -2.44. The molecule has 19 heavy (non-hydrogen) atoms. The highest BCUT2D eigenvalue weighted by atomic mass is 16.5. The predicted molar refractivity (Wildman–Crippen MR) is 73.0 cm³/mol. The van der Waals surface area contributed by atoms with E-state index in [0.717, 1.165) is 5.56 Å². The van der Waals surface area contributed by atoms with Gasteiger partial charge in [0.1, 0.15) is 5.41 Å². The number of benzene rings is 1. The van der Waals surface area contributed by atoms with E-state index in [0.29, 0.717) is 13.2 Å². The summed E-state index contributed by atoms with van der Waals surface area (Å²) in [5.41, 5.74) is 2.96. The first-order chi connectivity index (χ1) is 9.05. The van der Waals surface area contributed by atoms with Crippen molar-refractivity contribution < 1.29 is 14.3 Å². The highest BCUT2D eigenvalue weighted by molar-refractivity contribution is 5.79. The summed E-state index contributed by atoms with van der Waals surface area (Å²) in [6, 6.07) is 6.18. The maximum atomic E-state index is 12.1. The molecule has 0 radical (unpaired) electrons. The number of nitrogens with one attached hydrogen (secondary N) is 1. The fraction of sp³-hybridized carbons (Fsp3) is 0.533. The van der Waals surface area contributed by atoms with Crippen LogP contribution in [0.15, 0.2) is 18.2 Å². The van der Waals surface area contributed by atoms with Gasteiger partial charge in [-0.2, -0.15) is 0 Å². The third-order valence-electron chi connectivity index (χ3n) is 4.02. The summed E-state index contributed by atoms with van der Waals surface area (Å²) in [5.74, 6) is -0.212. The SMILES string of the molecule is CNC(c1ccc(C)c(C)c1)C1(C(=O)OC)COC1. The number of hydrogen-bond acceptors (Lipinski definition) is 4. The van der Waals surface area contributed by atoms with Gasteiger partial charge in [-0.1, -0.05) is 18.2 Å². The van der Waals surface area contributed by atoms with Gasteiger partial charge in [0.2, 0.25) is 0 Å². The zero-order valence-electron chi connectivity index (χ0n) is 11.9. The van der Waals surface area contributed by atoms with E-state index >= 15 is 0 Å². The molecule has 1 aromatic rings. The van der Waals surface area contributed by atoms with Gasteiger partial charge in [-0.15, -0.1) is 0 Å². The van der Waals surface area contributed by atoms with Gasteiger partial charge in [0.25, 0.3) is 0 Å². The lowest BCUT2D eigenvalue weighted by molar-refractivity contribution is -0.190. The molecule has 104 valence electrons. The summed E-state index contributed by atoms with van der Waals surface area (Å²) < 4.78 is 10.2. The molecule has 1 unspecified atom stereocenters. The minimum Gasteiger partial charge on any atom is -0.468 e. The van der Waals surface area contributed by atoms with E-state index in [2.05, 4.69) is 37.4 Å². The normalized spacial score (nSPS) is 18.5. The molecule has 0 spiro atoms. The largest absolute Gasteiger partial charge is 0.468 e. The Labute approximate surface area is 114 Å². The molecule has 0 amide bonds. The minimum atomic E-state index is -0.606. The minimum absolute atomic E-state index is 0.0898. The number of rotatable bonds is 4. The summed E-state index contributed by atoms with van der Waals surface area (Å²) in [6.45, 7) is 4.96. The predicted octanol–water partition coefficient (Wildman–Crippen LogP) is 1.75. The Bertz CT molecular complexity index is 480. The first-order valence-electron chi connectivity index (χ1n) is 6.46. The van der Waals surface area contributed by atoms with Crippen molar-refractivity contribution in [3.8, 4) is 0 Å². The van der Waals surface area contributed by atoms with E-state index in [1.807, 2.05) is 7.05 Å². The van der Waals surface area contributed by atoms with Crippen molar-refractivity contribution in [3.05, 3.63) is 34.9 Å². The average Bonchev–Trinajstić information content (AvgIpc) is 2.36. The topological polar surface area (TPSA) is 47.6 Å². The maximum absolute atomic E-state index is 12.1. The quantitative estimate of drug-likeness (QED) is 0.841. The van der Waals surface area contributed by atoms with Gasteiger partial charge in [-0.05, 0) is 37.6 Å². The van der Waals surface area contributed by atoms with E-state index in [4.69, 9.17) is 9.47 Å². The number of hydrogen-bond donors (Lipinski definition) is 1. The molecule has 1 aliphatic heterocycles. The van der Waals surface area contributed by atoms with Crippen LogP contribution < -0.4 is 5.32 Å². The van der Waals surface area contributed by atoms with Crippen LogP contribution in [0.1, 0.15) is 22.7 Å². The fourth-order valence-electron chi connectivity index (χ4n) is 2.63. The molecule has 1 atom stereocenters. The number of aryl methyl sites for hydroxylation is 2. The lowest BCUT2D eigenvalue weighted by Crippen LogP contribution is -2.56. The fourth-order valence-corrected chi connectivity index (χ4v) is 2.63. The molecule has 1 aromatic carbocycles. The standard InChI is InChI=1S/C15H21NO3/c1-10-5-6-12(7-11(10)2)13(16-3)15(8-19-9-15)14(17)18-4/h5-7,13,16H,8-9H2,1-4H3. The Hall–Kier alpha value is -1.39. The van der Waals surface area contributed by atoms with Gasteiger partial charge in [0.05, 0.1) is 26.4 Å². The monoisotopic (exact) mass is 263 g/mol. The zero-order valence-corrected chi connectivity index (χ0v) is 11.9. The van der Waals surface area contributed by atoms with Gasteiger partial charge >= 0.3 is 5.97 Å². The van der Waals surface area contributed by atoms with Crippen molar-refractivity contribution >= 4 is 5.97 Å². The molecule has 2 rings (SSSR count). The van der Waals surface area contributed by atoms with E-state index in [1.165, 1.54) is 18.2 Å². The molecule has 1 heterocycles. The van der Waals surface area contributed by atoms with Crippen LogP contribution in [0.2, 0.25) is 0 Å². The van der Waals surface area contributed by atoms with E-state index in [9.17, 15) is 4.79 Å². The first kappa shape index (κ1) is 14.0. The summed E-state index contributed by atoms with van der Waals surface area (Å²) in [5, 5.41) is 3.24. The van der Waals surface area contributed by atoms with Gasteiger partial charge in [0, 0.05) is 0 Å². The van der Waals surface area contributed by atoms with Crippen molar-refractivity contribution in [2.75, 3.05) is 27.4 Å². The molecule has 0 bridgehead atoms. The number of ether oxygens (including phenoxy) is 2.